The monoisotopic (exact) mass is 234 g/mol. The van der Waals surface area contributed by atoms with Crippen molar-refractivity contribution in [2.75, 3.05) is 11.1 Å². The summed E-state index contributed by atoms with van der Waals surface area (Å²) in [5.41, 5.74) is 7.22. The summed E-state index contributed by atoms with van der Waals surface area (Å²) in [6.45, 7) is 2.03. The van der Waals surface area contributed by atoms with Crippen LogP contribution in [-0.2, 0) is 6.42 Å². The number of imidazole rings is 1. The summed E-state index contributed by atoms with van der Waals surface area (Å²) in [6, 6.07) is 0. The van der Waals surface area contributed by atoms with Gasteiger partial charge in [-0.3, -0.25) is 15.2 Å². The number of nitrogen functional groups attached to an aromatic ring is 1. The van der Waals surface area contributed by atoms with Crippen molar-refractivity contribution in [3.8, 4) is 0 Å². The molecule has 90 valence electrons. The zero-order valence-electron chi connectivity index (χ0n) is 9.45. The fourth-order valence-electron chi connectivity index (χ4n) is 1.50. The Hall–Kier alpha value is -2.31. The fourth-order valence-corrected chi connectivity index (χ4v) is 1.50. The lowest BCUT2D eigenvalue weighted by Gasteiger charge is -2.00. The van der Waals surface area contributed by atoms with Crippen LogP contribution in [0.5, 0.6) is 0 Å². The molecular weight excluding hydrogens is 220 g/mol. The molecule has 2 aromatic rings. The maximum Gasteiger partial charge on any atom is 0.280 e. The third-order valence-corrected chi connectivity index (χ3v) is 2.33. The van der Waals surface area contributed by atoms with Crippen LogP contribution in [0.3, 0.4) is 0 Å². The first-order valence-electron chi connectivity index (χ1n) is 5.35. The molecule has 0 bridgehead atoms. The number of hydrogen-bond acceptors (Lipinski definition) is 4. The normalized spacial score (nSPS) is 10.4. The van der Waals surface area contributed by atoms with Crippen LogP contribution in [0.15, 0.2) is 12.4 Å². The molecular formula is C10H14N6O. The highest BCUT2D eigenvalue weighted by Gasteiger charge is 2.17. The lowest BCUT2D eigenvalue weighted by atomic mass is 10.2. The summed E-state index contributed by atoms with van der Waals surface area (Å²) in [6.07, 6.45) is 4.87. The number of carbonyl (C=O) groups is 1. The summed E-state index contributed by atoms with van der Waals surface area (Å²) in [7, 11) is 0. The molecule has 0 unspecified atom stereocenters. The first-order valence-corrected chi connectivity index (χ1v) is 5.35. The molecule has 2 rings (SSSR count). The van der Waals surface area contributed by atoms with E-state index in [1.165, 1.54) is 0 Å². The number of aryl methyl sites for hydroxylation is 1. The Bertz CT molecular complexity index is 501. The Morgan fingerprint density at radius 1 is 1.59 bits per heavy atom. The summed E-state index contributed by atoms with van der Waals surface area (Å²) < 4.78 is 0. The van der Waals surface area contributed by atoms with Gasteiger partial charge >= 0.3 is 0 Å². The number of carbonyl (C=O) groups excluding carboxylic acids is 1. The third kappa shape index (κ3) is 2.27. The second-order valence-electron chi connectivity index (χ2n) is 3.61. The maximum atomic E-state index is 11.8. The van der Waals surface area contributed by atoms with Crippen LogP contribution in [0.2, 0.25) is 0 Å². The van der Waals surface area contributed by atoms with Crippen LogP contribution in [0.4, 0.5) is 11.6 Å². The highest BCUT2D eigenvalue weighted by Crippen LogP contribution is 2.16. The number of amides is 1. The Kier molecular flexibility index (Phi) is 3.08. The van der Waals surface area contributed by atoms with Gasteiger partial charge in [-0.1, -0.05) is 13.3 Å². The van der Waals surface area contributed by atoms with E-state index >= 15 is 0 Å². The molecule has 7 nitrogen and oxygen atoms in total. The molecule has 2 aromatic heterocycles. The van der Waals surface area contributed by atoms with E-state index in [0.717, 1.165) is 18.5 Å². The number of H-pyrrole nitrogens is 2. The number of aromatic amines is 2. The Labute approximate surface area is 97.8 Å². The van der Waals surface area contributed by atoms with Gasteiger partial charge in [0.25, 0.3) is 5.91 Å². The molecule has 0 atom stereocenters. The number of hydrogen-bond donors (Lipinski definition) is 4. The zero-order chi connectivity index (χ0) is 12.3. The summed E-state index contributed by atoms with van der Waals surface area (Å²) in [5.74, 6) is -0.00880. The molecule has 0 aliphatic heterocycles. The minimum Gasteiger partial charge on any atom is -0.395 e. The lowest BCUT2D eigenvalue weighted by Crippen LogP contribution is -2.15. The highest BCUT2D eigenvalue weighted by molar-refractivity contribution is 6.05. The molecule has 7 heteroatoms. The average Bonchev–Trinajstić information content (AvgIpc) is 2.91. The molecule has 2 heterocycles. The van der Waals surface area contributed by atoms with Crippen molar-refractivity contribution < 1.29 is 4.79 Å². The molecule has 0 aliphatic carbocycles. The number of nitrogens with one attached hydrogen (secondary N) is 3. The predicted molar refractivity (Wildman–Crippen MR) is 63.5 cm³/mol. The van der Waals surface area contributed by atoms with E-state index < -0.39 is 0 Å². The smallest absolute Gasteiger partial charge is 0.280 e. The van der Waals surface area contributed by atoms with E-state index in [0.29, 0.717) is 11.6 Å². The SMILES string of the molecule is CCCc1[nH]nc(C(=O)Nc2ncc[nH]2)c1N. The Balaban J connectivity index is 2.14. The van der Waals surface area contributed by atoms with Crippen molar-refractivity contribution >= 4 is 17.5 Å². The predicted octanol–water partition coefficient (Wildman–Crippen LogP) is 0.920. The van der Waals surface area contributed by atoms with Gasteiger partial charge in [0.05, 0.1) is 11.4 Å². The second kappa shape index (κ2) is 4.69. The van der Waals surface area contributed by atoms with E-state index in [-0.39, 0.29) is 11.6 Å². The topological polar surface area (TPSA) is 112 Å². The third-order valence-electron chi connectivity index (χ3n) is 2.33. The van der Waals surface area contributed by atoms with Crippen LogP contribution < -0.4 is 11.1 Å². The first kappa shape index (κ1) is 11.2. The molecule has 0 spiro atoms. The van der Waals surface area contributed by atoms with E-state index in [4.69, 9.17) is 5.73 Å². The van der Waals surface area contributed by atoms with Crippen LogP contribution in [0, 0.1) is 0 Å². The zero-order valence-corrected chi connectivity index (χ0v) is 9.45. The standard InChI is InChI=1S/C10H14N6O/c1-2-3-6-7(11)8(16-15-6)9(17)14-10-12-4-5-13-10/h4-5H,2-3,11H2,1H3,(H,15,16)(H2,12,13,14,17). The van der Waals surface area contributed by atoms with E-state index in [1.807, 2.05) is 6.92 Å². The largest absolute Gasteiger partial charge is 0.395 e. The van der Waals surface area contributed by atoms with Crippen molar-refractivity contribution in [1.82, 2.24) is 20.2 Å². The van der Waals surface area contributed by atoms with Gasteiger partial charge < -0.3 is 10.7 Å². The van der Waals surface area contributed by atoms with Gasteiger partial charge in [-0.05, 0) is 6.42 Å². The molecule has 0 aromatic carbocycles. The van der Waals surface area contributed by atoms with E-state index in [9.17, 15) is 4.79 Å². The van der Waals surface area contributed by atoms with Crippen LogP contribution >= 0.6 is 0 Å². The molecule has 0 saturated carbocycles. The number of nitrogens with two attached hydrogens (primary N) is 1. The fraction of sp³-hybridized carbons (Fsp3) is 0.300. The maximum absolute atomic E-state index is 11.8. The number of nitrogens with zero attached hydrogens (tertiary/aromatic N) is 2. The van der Waals surface area contributed by atoms with Crippen LogP contribution in [-0.4, -0.2) is 26.1 Å². The highest BCUT2D eigenvalue weighted by atomic mass is 16.2. The number of anilines is 2. The van der Waals surface area contributed by atoms with Crippen LogP contribution in [0.1, 0.15) is 29.5 Å². The van der Waals surface area contributed by atoms with Gasteiger partial charge in [-0.25, -0.2) is 4.98 Å². The molecule has 0 aliphatic rings. The molecule has 5 N–H and O–H groups in total. The Morgan fingerprint density at radius 3 is 3.06 bits per heavy atom. The van der Waals surface area contributed by atoms with Crippen LogP contribution in [0.25, 0.3) is 0 Å². The van der Waals surface area contributed by atoms with Crippen molar-refractivity contribution in [3.63, 3.8) is 0 Å². The Morgan fingerprint density at radius 2 is 2.41 bits per heavy atom. The molecule has 1 amide bonds. The van der Waals surface area contributed by atoms with Gasteiger partial charge in [0, 0.05) is 12.4 Å². The van der Waals surface area contributed by atoms with Crippen molar-refractivity contribution in [2.24, 2.45) is 0 Å². The van der Waals surface area contributed by atoms with Gasteiger partial charge in [-0.2, -0.15) is 5.10 Å². The van der Waals surface area contributed by atoms with Crippen molar-refractivity contribution in [2.45, 2.75) is 19.8 Å². The van der Waals surface area contributed by atoms with Gasteiger partial charge in [0.2, 0.25) is 5.95 Å². The quantitative estimate of drug-likeness (QED) is 0.630. The molecule has 0 radical (unpaired) electrons. The summed E-state index contributed by atoms with van der Waals surface area (Å²) in [4.78, 5) is 18.5. The summed E-state index contributed by atoms with van der Waals surface area (Å²) in [5, 5.41) is 9.25. The minimum absolute atomic E-state index is 0.199. The van der Waals surface area contributed by atoms with Crippen molar-refractivity contribution in [3.05, 3.63) is 23.8 Å². The van der Waals surface area contributed by atoms with Gasteiger partial charge in [-0.15, -0.1) is 0 Å². The molecule has 0 saturated heterocycles. The number of aromatic nitrogens is 4. The average molecular weight is 234 g/mol. The summed E-state index contributed by atoms with van der Waals surface area (Å²) >= 11 is 0. The number of rotatable bonds is 4. The van der Waals surface area contributed by atoms with E-state index in [2.05, 4.69) is 25.5 Å². The van der Waals surface area contributed by atoms with E-state index in [1.54, 1.807) is 12.4 Å². The minimum atomic E-state index is -0.379. The van der Waals surface area contributed by atoms with Gasteiger partial charge in [0.1, 0.15) is 0 Å². The van der Waals surface area contributed by atoms with Gasteiger partial charge in [0.15, 0.2) is 5.69 Å². The van der Waals surface area contributed by atoms with Crippen molar-refractivity contribution in [1.29, 1.82) is 0 Å². The molecule has 17 heavy (non-hydrogen) atoms. The molecule has 0 fully saturated rings. The second-order valence-corrected chi connectivity index (χ2v) is 3.61. The lowest BCUT2D eigenvalue weighted by molar-refractivity contribution is 0.102. The first-order chi connectivity index (χ1) is 8.22.